The molecular weight excluding hydrogens is 276 g/mol. The molecule has 0 radical (unpaired) electrons. The fourth-order valence-corrected chi connectivity index (χ4v) is 3.15. The van der Waals surface area contributed by atoms with Gasteiger partial charge in [-0.2, -0.15) is 10.4 Å². The average molecular weight is 296 g/mol. The van der Waals surface area contributed by atoms with Gasteiger partial charge in [-0.1, -0.05) is 12.1 Å². The Hall–Kier alpha value is -2.16. The van der Waals surface area contributed by atoms with E-state index in [4.69, 9.17) is 5.26 Å². The molecule has 2 heterocycles. The molecule has 5 heteroatoms. The highest BCUT2D eigenvalue weighted by Crippen LogP contribution is 2.24. The number of nitriles is 1. The Bertz CT molecular complexity index is 688. The molecule has 2 aromatic rings. The van der Waals surface area contributed by atoms with Crippen molar-refractivity contribution in [2.75, 3.05) is 6.54 Å². The maximum absolute atomic E-state index is 10.3. The molecule has 0 saturated carbocycles. The molecule has 1 fully saturated rings. The lowest BCUT2D eigenvalue weighted by atomic mass is 10.0. The molecule has 1 saturated heterocycles. The van der Waals surface area contributed by atoms with Crippen LogP contribution in [0.1, 0.15) is 23.1 Å². The van der Waals surface area contributed by atoms with E-state index in [2.05, 4.69) is 16.1 Å². The zero-order valence-electron chi connectivity index (χ0n) is 12.7. The molecule has 1 aromatic carbocycles. The Labute approximate surface area is 130 Å². The van der Waals surface area contributed by atoms with Crippen molar-refractivity contribution >= 4 is 0 Å². The molecule has 22 heavy (non-hydrogen) atoms. The summed E-state index contributed by atoms with van der Waals surface area (Å²) in [4.78, 5) is 2.30. The molecule has 0 unspecified atom stereocenters. The van der Waals surface area contributed by atoms with Crippen molar-refractivity contribution in [1.29, 1.82) is 5.26 Å². The molecule has 3 rings (SSSR count). The summed E-state index contributed by atoms with van der Waals surface area (Å²) >= 11 is 0. The van der Waals surface area contributed by atoms with E-state index in [1.165, 1.54) is 0 Å². The lowest BCUT2D eigenvalue weighted by Crippen LogP contribution is -2.36. The standard InChI is InChI=1S/C17H20N4O/c1-20-11-15(10-19-20)8-16-17(22)5-6-21(16)12-14-4-2-3-13(7-14)9-18/h2-4,7,10-11,16-17,22H,5-6,8,12H2,1H3/t16-,17-/m1/s1. The molecule has 1 N–H and O–H groups in total. The van der Waals surface area contributed by atoms with Gasteiger partial charge in [-0.25, -0.2) is 0 Å². The summed E-state index contributed by atoms with van der Waals surface area (Å²) in [6.45, 7) is 1.64. The van der Waals surface area contributed by atoms with Gasteiger partial charge in [0.1, 0.15) is 0 Å². The number of benzene rings is 1. The van der Waals surface area contributed by atoms with Crippen molar-refractivity contribution in [3.63, 3.8) is 0 Å². The van der Waals surface area contributed by atoms with Gasteiger partial charge in [0.15, 0.2) is 0 Å². The number of likely N-dealkylation sites (tertiary alicyclic amines) is 1. The van der Waals surface area contributed by atoms with Crippen molar-refractivity contribution in [2.24, 2.45) is 7.05 Å². The molecule has 0 spiro atoms. The maximum atomic E-state index is 10.3. The molecule has 0 aliphatic carbocycles. The Balaban J connectivity index is 1.72. The molecule has 2 atom stereocenters. The summed E-state index contributed by atoms with van der Waals surface area (Å²) in [6, 6.07) is 9.97. The zero-order chi connectivity index (χ0) is 15.5. The summed E-state index contributed by atoms with van der Waals surface area (Å²) in [5.74, 6) is 0. The summed E-state index contributed by atoms with van der Waals surface area (Å²) in [6.07, 6.45) is 5.15. The van der Waals surface area contributed by atoms with Crippen LogP contribution in [0.25, 0.3) is 0 Å². The molecule has 1 aromatic heterocycles. The average Bonchev–Trinajstić information content (AvgIpc) is 3.08. The normalized spacial score (nSPS) is 21.9. The third-order valence-electron chi connectivity index (χ3n) is 4.27. The highest BCUT2D eigenvalue weighted by molar-refractivity contribution is 5.32. The second-order valence-corrected chi connectivity index (χ2v) is 5.93. The number of rotatable bonds is 4. The van der Waals surface area contributed by atoms with Crippen LogP contribution in [0.15, 0.2) is 36.7 Å². The van der Waals surface area contributed by atoms with Gasteiger partial charge in [0.25, 0.3) is 0 Å². The smallest absolute Gasteiger partial charge is 0.0991 e. The van der Waals surface area contributed by atoms with E-state index in [1.807, 2.05) is 43.7 Å². The second kappa shape index (κ2) is 6.30. The monoisotopic (exact) mass is 296 g/mol. The number of aryl methyl sites for hydroxylation is 1. The van der Waals surface area contributed by atoms with Crippen LogP contribution in [-0.2, 0) is 20.0 Å². The Morgan fingerprint density at radius 2 is 2.27 bits per heavy atom. The third kappa shape index (κ3) is 3.19. The first-order valence-electron chi connectivity index (χ1n) is 7.54. The van der Waals surface area contributed by atoms with E-state index < -0.39 is 0 Å². The quantitative estimate of drug-likeness (QED) is 0.928. The van der Waals surface area contributed by atoms with Crippen molar-refractivity contribution in [1.82, 2.24) is 14.7 Å². The van der Waals surface area contributed by atoms with E-state index in [0.717, 1.165) is 37.1 Å². The SMILES string of the molecule is Cn1cc(C[C@@H]2[C@H](O)CCN2Cc2cccc(C#N)c2)cn1. The number of hydrogen-bond donors (Lipinski definition) is 1. The molecule has 0 amide bonds. The van der Waals surface area contributed by atoms with Gasteiger partial charge in [-0.15, -0.1) is 0 Å². The van der Waals surface area contributed by atoms with Crippen molar-refractivity contribution < 1.29 is 5.11 Å². The number of aliphatic hydroxyl groups excluding tert-OH is 1. The van der Waals surface area contributed by atoms with Gasteiger partial charge in [0, 0.05) is 32.4 Å². The molecule has 1 aliphatic heterocycles. The summed E-state index contributed by atoms with van der Waals surface area (Å²) in [5.41, 5.74) is 2.94. The van der Waals surface area contributed by atoms with Crippen LogP contribution < -0.4 is 0 Å². The second-order valence-electron chi connectivity index (χ2n) is 5.93. The summed E-state index contributed by atoms with van der Waals surface area (Å²) in [5, 5.41) is 23.5. The highest BCUT2D eigenvalue weighted by atomic mass is 16.3. The highest BCUT2D eigenvalue weighted by Gasteiger charge is 2.32. The van der Waals surface area contributed by atoms with Crippen LogP contribution in [0.5, 0.6) is 0 Å². The van der Waals surface area contributed by atoms with E-state index in [9.17, 15) is 5.11 Å². The fourth-order valence-electron chi connectivity index (χ4n) is 3.15. The molecular formula is C17H20N4O. The van der Waals surface area contributed by atoms with Gasteiger partial charge in [0.05, 0.1) is 23.9 Å². The number of aromatic nitrogens is 2. The van der Waals surface area contributed by atoms with Crippen LogP contribution in [-0.4, -0.2) is 38.5 Å². The largest absolute Gasteiger partial charge is 0.391 e. The molecule has 114 valence electrons. The van der Waals surface area contributed by atoms with Gasteiger partial charge >= 0.3 is 0 Å². The molecule has 5 nitrogen and oxygen atoms in total. The third-order valence-corrected chi connectivity index (χ3v) is 4.27. The van der Waals surface area contributed by atoms with Crippen molar-refractivity contribution in [2.45, 2.75) is 31.5 Å². The Morgan fingerprint density at radius 1 is 1.41 bits per heavy atom. The van der Waals surface area contributed by atoms with Crippen LogP contribution in [0, 0.1) is 11.3 Å². The fraction of sp³-hybridized carbons (Fsp3) is 0.412. The summed E-state index contributed by atoms with van der Waals surface area (Å²) in [7, 11) is 1.90. The van der Waals surface area contributed by atoms with Crippen LogP contribution in [0.4, 0.5) is 0 Å². The zero-order valence-corrected chi connectivity index (χ0v) is 12.7. The van der Waals surface area contributed by atoms with Gasteiger partial charge < -0.3 is 5.11 Å². The van der Waals surface area contributed by atoms with E-state index >= 15 is 0 Å². The molecule has 0 bridgehead atoms. The van der Waals surface area contributed by atoms with Crippen molar-refractivity contribution in [3.05, 3.63) is 53.3 Å². The lowest BCUT2D eigenvalue weighted by Gasteiger charge is -2.26. The molecule has 1 aliphatic rings. The van der Waals surface area contributed by atoms with Crippen molar-refractivity contribution in [3.8, 4) is 6.07 Å². The van der Waals surface area contributed by atoms with E-state index in [1.54, 1.807) is 4.68 Å². The van der Waals surface area contributed by atoms with Crippen LogP contribution in [0.2, 0.25) is 0 Å². The first kappa shape index (κ1) is 14.8. The minimum absolute atomic E-state index is 0.106. The predicted octanol–water partition coefficient (Wildman–Crippen LogP) is 1.47. The van der Waals surface area contributed by atoms with Crippen LogP contribution >= 0.6 is 0 Å². The van der Waals surface area contributed by atoms with Gasteiger partial charge in [-0.05, 0) is 36.1 Å². The van der Waals surface area contributed by atoms with E-state index in [0.29, 0.717) is 5.56 Å². The Morgan fingerprint density at radius 3 is 3.00 bits per heavy atom. The Kier molecular flexibility index (Phi) is 4.23. The van der Waals surface area contributed by atoms with E-state index in [-0.39, 0.29) is 12.1 Å². The first-order chi connectivity index (χ1) is 10.7. The number of nitrogens with zero attached hydrogens (tertiary/aromatic N) is 4. The van der Waals surface area contributed by atoms with Gasteiger partial charge in [0.2, 0.25) is 0 Å². The summed E-state index contributed by atoms with van der Waals surface area (Å²) < 4.78 is 1.79. The van der Waals surface area contributed by atoms with Gasteiger partial charge in [-0.3, -0.25) is 9.58 Å². The number of aliphatic hydroxyl groups is 1. The predicted molar refractivity (Wildman–Crippen MR) is 82.9 cm³/mol. The minimum Gasteiger partial charge on any atom is -0.391 e. The van der Waals surface area contributed by atoms with Crippen LogP contribution in [0.3, 0.4) is 0 Å². The topological polar surface area (TPSA) is 65.1 Å². The number of hydrogen-bond acceptors (Lipinski definition) is 4. The first-order valence-corrected chi connectivity index (χ1v) is 7.54. The lowest BCUT2D eigenvalue weighted by molar-refractivity contribution is 0.112. The minimum atomic E-state index is -0.306. The maximum Gasteiger partial charge on any atom is 0.0991 e.